The second kappa shape index (κ2) is 10.9. The number of aliphatic imine (C=N–C) groups is 1. The van der Waals surface area contributed by atoms with E-state index in [1.165, 1.54) is 25.7 Å². The van der Waals surface area contributed by atoms with Gasteiger partial charge in [0.25, 0.3) is 0 Å². The Morgan fingerprint density at radius 2 is 2.03 bits per heavy atom. The number of methoxy groups -OCH3 is 1. The smallest absolute Gasteiger partial charge is 0.420 e. The number of carbonyl (C=O) groups excluding carboxylic acids is 1. The van der Waals surface area contributed by atoms with Crippen LogP contribution in [-0.2, 0) is 6.18 Å². The van der Waals surface area contributed by atoms with Crippen molar-refractivity contribution in [3.05, 3.63) is 58.8 Å². The Morgan fingerprint density at radius 1 is 1.24 bits per heavy atom. The van der Waals surface area contributed by atoms with Crippen molar-refractivity contribution < 1.29 is 27.4 Å². The minimum atomic E-state index is -4.71. The maximum absolute atomic E-state index is 13.5. The van der Waals surface area contributed by atoms with Crippen LogP contribution in [0.15, 0.2) is 47.1 Å². The normalized spacial score (nSPS) is 18.9. The van der Waals surface area contributed by atoms with Crippen molar-refractivity contribution in [2.75, 3.05) is 27.2 Å². The molecule has 37 heavy (non-hydrogen) atoms. The molecule has 2 aliphatic heterocycles. The number of hydrogen-bond donors (Lipinski definition) is 2. The van der Waals surface area contributed by atoms with E-state index >= 15 is 0 Å². The van der Waals surface area contributed by atoms with E-state index in [0.717, 1.165) is 31.5 Å². The maximum atomic E-state index is 13.5. The number of rotatable bonds is 7. The molecule has 2 aliphatic rings. The van der Waals surface area contributed by atoms with E-state index in [1.54, 1.807) is 24.3 Å². The quantitative estimate of drug-likeness (QED) is 0.546. The number of hydrogen-bond acceptors (Lipinski definition) is 6. The molecule has 2 aromatic carbocycles. The number of alkyl halides is 3. The summed E-state index contributed by atoms with van der Waals surface area (Å²) in [4.78, 5) is 18.2. The van der Waals surface area contributed by atoms with Gasteiger partial charge < -0.3 is 25.0 Å². The number of halogens is 3. The zero-order chi connectivity index (χ0) is 26.6. The molecule has 1 saturated heterocycles. The summed E-state index contributed by atoms with van der Waals surface area (Å²) < 4.78 is 51.5. The third-order valence-electron chi connectivity index (χ3n) is 6.28. The van der Waals surface area contributed by atoms with E-state index in [-0.39, 0.29) is 17.1 Å². The molecule has 2 amide bonds. The van der Waals surface area contributed by atoms with E-state index in [4.69, 9.17) is 14.7 Å². The molecular formula is C26H26F3N5O3. The van der Waals surface area contributed by atoms with E-state index < -0.39 is 23.5 Å². The summed E-state index contributed by atoms with van der Waals surface area (Å²) in [6, 6.07) is 9.46. The fraction of sp³-hybridized carbons (Fsp3) is 0.346. The van der Waals surface area contributed by atoms with Crippen molar-refractivity contribution in [1.29, 1.82) is 5.26 Å². The number of likely N-dealkylation sites (tertiary alicyclic amines) is 1. The summed E-state index contributed by atoms with van der Waals surface area (Å²) in [5.41, 5.74) is -0.105. The van der Waals surface area contributed by atoms with Crippen LogP contribution in [-0.4, -0.2) is 50.1 Å². The lowest BCUT2D eigenvalue weighted by Crippen LogP contribution is -2.32. The average molecular weight is 514 g/mol. The van der Waals surface area contributed by atoms with Crippen LogP contribution in [0.2, 0.25) is 0 Å². The Balaban J connectivity index is 1.51. The number of amides is 2. The Labute approximate surface area is 212 Å². The average Bonchev–Trinajstić information content (AvgIpc) is 3.43. The van der Waals surface area contributed by atoms with Crippen LogP contribution >= 0.6 is 0 Å². The van der Waals surface area contributed by atoms with Gasteiger partial charge in [0.1, 0.15) is 5.75 Å². The van der Waals surface area contributed by atoms with Crippen molar-refractivity contribution in [3.63, 3.8) is 0 Å². The van der Waals surface area contributed by atoms with Crippen LogP contribution < -0.4 is 20.1 Å². The molecule has 0 aliphatic carbocycles. The molecule has 2 heterocycles. The van der Waals surface area contributed by atoms with Gasteiger partial charge in [0.05, 0.1) is 30.0 Å². The van der Waals surface area contributed by atoms with Gasteiger partial charge in [-0.15, -0.1) is 0 Å². The van der Waals surface area contributed by atoms with Gasteiger partial charge in [0, 0.05) is 12.6 Å². The standard InChI is InChI=1S/C26H26F3N5O3/c1-34-11-3-4-18(34)9-10-31-24-20(32-25(35)33-24)13-16-5-8-22(23(14-16)36-2)37-21-7-6-17(15-30)12-19(21)26(27,28)29/h5-8,12-14,18H,3-4,9-11H2,1-2H3,(H2,31,32,33,35). The molecule has 1 fully saturated rings. The van der Waals surface area contributed by atoms with E-state index in [0.29, 0.717) is 29.7 Å². The Kier molecular flexibility index (Phi) is 7.69. The van der Waals surface area contributed by atoms with Crippen LogP contribution in [0.4, 0.5) is 18.0 Å². The highest BCUT2D eigenvalue weighted by Gasteiger charge is 2.35. The van der Waals surface area contributed by atoms with Gasteiger partial charge >= 0.3 is 12.2 Å². The highest BCUT2D eigenvalue weighted by atomic mass is 19.4. The van der Waals surface area contributed by atoms with Gasteiger partial charge in [-0.05, 0) is 74.8 Å². The summed E-state index contributed by atoms with van der Waals surface area (Å²) in [6.45, 7) is 1.74. The molecule has 4 rings (SSSR count). The van der Waals surface area contributed by atoms with Gasteiger partial charge in [-0.2, -0.15) is 23.4 Å². The third-order valence-corrected chi connectivity index (χ3v) is 6.28. The summed E-state index contributed by atoms with van der Waals surface area (Å²) in [5.74, 6) is 0.220. The van der Waals surface area contributed by atoms with Crippen LogP contribution in [0.3, 0.4) is 0 Å². The van der Waals surface area contributed by atoms with Gasteiger partial charge in [-0.25, -0.2) is 4.79 Å². The molecule has 2 N–H and O–H groups in total. The predicted octanol–water partition coefficient (Wildman–Crippen LogP) is 4.91. The minimum Gasteiger partial charge on any atom is -0.493 e. The molecule has 1 unspecified atom stereocenters. The van der Waals surface area contributed by atoms with E-state index in [2.05, 4.69) is 27.6 Å². The number of ether oxygens (including phenoxy) is 2. The van der Waals surface area contributed by atoms with Gasteiger partial charge in [0.15, 0.2) is 17.3 Å². The fourth-order valence-electron chi connectivity index (χ4n) is 4.36. The number of nitrogens with zero attached hydrogens (tertiary/aromatic N) is 3. The molecule has 0 bridgehead atoms. The Bertz CT molecular complexity index is 1280. The summed E-state index contributed by atoms with van der Waals surface area (Å²) in [7, 11) is 3.47. The molecule has 11 heteroatoms. The predicted molar refractivity (Wildman–Crippen MR) is 131 cm³/mol. The molecule has 0 saturated carbocycles. The SMILES string of the molecule is COc1cc(C=C2NC(=O)N=C2NCCC2CCCN2C)ccc1Oc1ccc(C#N)cc1C(F)(F)F. The number of nitriles is 1. The molecule has 1 atom stereocenters. The zero-order valence-corrected chi connectivity index (χ0v) is 20.4. The third kappa shape index (κ3) is 6.21. The number of benzene rings is 2. The molecule has 0 spiro atoms. The summed E-state index contributed by atoms with van der Waals surface area (Å²) >= 11 is 0. The number of amidine groups is 1. The van der Waals surface area contributed by atoms with Crippen molar-refractivity contribution in [2.45, 2.75) is 31.5 Å². The van der Waals surface area contributed by atoms with Crippen LogP contribution in [0.25, 0.3) is 6.08 Å². The monoisotopic (exact) mass is 513 g/mol. The topological polar surface area (TPSA) is 99.0 Å². The highest BCUT2D eigenvalue weighted by Crippen LogP contribution is 2.41. The second-order valence-corrected chi connectivity index (χ2v) is 8.77. The van der Waals surface area contributed by atoms with Crippen molar-refractivity contribution in [3.8, 4) is 23.3 Å². The Morgan fingerprint density at radius 3 is 2.70 bits per heavy atom. The lowest BCUT2D eigenvalue weighted by molar-refractivity contribution is -0.138. The van der Waals surface area contributed by atoms with Gasteiger partial charge in [0.2, 0.25) is 0 Å². The Hall–Kier alpha value is -4.04. The fourth-order valence-corrected chi connectivity index (χ4v) is 4.36. The van der Waals surface area contributed by atoms with Crippen molar-refractivity contribution in [1.82, 2.24) is 15.5 Å². The lowest BCUT2D eigenvalue weighted by Gasteiger charge is -2.19. The van der Waals surface area contributed by atoms with E-state index in [9.17, 15) is 18.0 Å². The minimum absolute atomic E-state index is 0.0583. The molecule has 8 nitrogen and oxygen atoms in total. The highest BCUT2D eigenvalue weighted by molar-refractivity contribution is 6.13. The zero-order valence-electron chi connectivity index (χ0n) is 20.4. The lowest BCUT2D eigenvalue weighted by atomic mass is 10.1. The molecule has 0 radical (unpaired) electrons. The molecule has 0 aromatic heterocycles. The van der Waals surface area contributed by atoms with Crippen LogP contribution in [0.1, 0.15) is 36.0 Å². The molecular weight excluding hydrogens is 487 g/mol. The van der Waals surface area contributed by atoms with Crippen LogP contribution in [0.5, 0.6) is 17.2 Å². The summed E-state index contributed by atoms with van der Waals surface area (Å²) in [5, 5.41) is 14.9. The van der Waals surface area contributed by atoms with Crippen LogP contribution in [0, 0.1) is 11.3 Å². The second-order valence-electron chi connectivity index (χ2n) is 8.77. The molecule has 2 aromatic rings. The first-order valence-electron chi connectivity index (χ1n) is 11.7. The maximum Gasteiger partial charge on any atom is 0.420 e. The summed E-state index contributed by atoms with van der Waals surface area (Å²) in [6.07, 6.45) is 0.222. The first-order chi connectivity index (χ1) is 17.7. The number of carbonyl (C=O) groups is 1. The van der Waals surface area contributed by atoms with Crippen molar-refractivity contribution >= 4 is 17.9 Å². The first kappa shape index (κ1) is 26.0. The van der Waals surface area contributed by atoms with Gasteiger partial charge in [-0.1, -0.05) is 6.07 Å². The van der Waals surface area contributed by atoms with Gasteiger partial charge in [-0.3, -0.25) is 0 Å². The number of urea groups is 1. The first-order valence-corrected chi connectivity index (χ1v) is 11.7. The van der Waals surface area contributed by atoms with Crippen molar-refractivity contribution in [2.24, 2.45) is 4.99 Å². The molecule has 194 valence electrons. The van der Waals surface area contributed by atoms with E-state index in [1.807, 2.05) is 0 Å². The number of nitrogens with one attached hydrogen (secondary N) is 2. The largest absolute Gasteiger partial charge is 0.493 e.